The Bertz CT molecular complexity index is 1400. The van der Waals surface area contributed by atoms with Gasteiger partial charge in [0.05, 0.1) is 0 Å². The molecule has 420 valence electrons. The molecule has 0 bridgehead atoms. The van der Waals surface area contributed by atoms with E-state index in [1.54, 1.807) is 0 Å². The Balaban J connectivity index is 4.46. The zero-order chi connectivity index (χ0) is 52.9. The van der Waals surface area contributed by atoms with Crippen LogP contribution in [0.5, 0.6) is 0 Å². The Morgan fingerprint density at radius 1 is 0.274 bits per heavy atom. The molecule has 0 saturated carbocycles. The van der Waals surface area contributed by atoms with E-state index in [2.05, 4.69) is 106 Å². The minimum atomic E-state index is -0.797. The molecule has 1 atom stereocenters. The van der Waals surface area contributed by atoms with E-state index in [4.69, 9.17) is 14.2 Å². The molecule has 0 aromatic heterocycles. The molecule has 0 heterocycles. The summed E-state index contributed by atoms with van der Waals surface area (Å²) in [5, 5.41) is 0. The summed E-state index contributed by atoms with van der Waals surface area (Å²) in [6, 6.07) is 0. The zero-order valence-electron chi connectivity index (χ0n) is 48.1. The van der Waals surface area contributed by atoms with Crippen molar-refractivity contribution in [2.45, 2.75) is 309 Å². The molecule has 6 heteroatoms. The van der Waals surface area contributed by atoms with Crippen LogP contribution in [-0.4, -0.2) is 37.2 Å². The van der Waals surface area contributed by atoms with Crippen LogP contribution in [-0.2, 0) is 28.6 Å². The summed E-state index contributed by atoms with van der Waals surface area (Å²) < 4.78 is 16.9. The summed E-state index contributed by atoms with van der Waals surface area (Å²) in [6.07, 6.45) is 80.0. The minimum Gasteiger partial charge on any atom is -0.462 e. The number of ether oxygens (including phenoxy) is 3. The van der Waals surface area contributed by atoms with Crippen molar-refractivity contribution in [1.82, 2.24) is 0 Å². The molecule has 0 unspecified atom stereocenters. The van der Waals surface area contributed by atoms with Crippen molar-refractivity contribution in [3.05, 3.63) is 85.1 Å². The van der Waals surface area contributed by atoms with Gasteiger partial charge in [0, 0.05) is 19.3 Å². The van der Waals surface area contributed by atoms with Crippen molar-refractivity contribution in [2.75, 3.05) is 13.2 Å². The topological polar surface area (TPSA) is 78.9 Å². The van der Waals surface area contributed by atoms with Crippen molar-refractivity contribution in [2.24, 2.45) is 0 Å². The van der Waals surface area contributed by atoms with Gasteiger partial charge in [0.1, 0.15) is 13.2 Å². The number of rotatable bonds is 56. The number of esters is 3. The molecule has 0 fully saturated rings. The molecule has 0 N–H and O–H groups in total. The van der Waals surface area contributed by atoms with Gasteiger partial charge in [-0.25, -0.2) is 0 Å². The van der Waals surface area contributed by atoms with E-state index in [9.17, 15) is 14.4 Å². The van der Waals surface area contributed by atoms with Gasteiger partial charge in [0.15, 0.2) is 6.10 Å². The molecule has 0 aliphatic heterocycles. The van der Waals surface area contributed by atoms with Gasteiger partial charge in [-0.1, -0.05) is 266 Å². The Morgan fingerprint density at radius 2 is 0.493 bits per heavy atom. The second kappa shape index (κ2) is 61.1. The summed E-state index contributed by atoms with van der Waals surface area (Å²) in [5.74, 6) is -0.923. The summed E-state index contributed by atoms with van der Waals surface area (Å²) >= 11 is 0. The van der Waals surface area contributed by atoms with Gasteiger partial charge in [-0.3, -0.25) is 14.4 Å². The molecular weight excluding hydrogens is 901 g/mol. The molecule has 0 aliphatic carbocycles. The van der Waals surface area contributed by atoms with Gasteiger partial charge < -0.3 is 14.2 Å². The van der Waals surface area contributed by atoms with E-state index < -0.39 is 6.10 Å². The third kappa shape index (κ3) is 59.3. The predicted octanol–water partition coefficient (Wildman–Crippen LogP) is 21.1. The van der Waals surface area contributed by atoms with Gasteiger partial charge in [-0.2, -0.15) is 0 Å². The highest BCUT2D eigenvalue weighted by molar-refractivity contribution is 5.71. The first kappa shape index (κ1) is 69.6. The quantitative estimate of drug-likeness (QED) is 0.0261. The minimum absolute atomic E-state index is 0.0901. The van der Waals surface area contributed by atoms with Gasteiger partial charge in [0.25, 0.3) is 0 Å². The Hall–Kier alpha value is -3.41. The molecule has 0 saturated heterocycles. The number of hydrogen-bond acceptors (Lipinski definition) is 6. The molecule has 0 radical (unpaired) electrons. The number of carbonyl (C=O) groups is 3. The molecule has 0 spiro atoms. The third-order valence-electron chi connectivity index (χ3n) is 13.4. The average molecular weight is 1020 g/mol. The highest BCUT2D eigenvalue weighted by Gasteiger charge is 2.19. The predicted molar refractivity (Wildman–Crippen MR) is 316 cm³/mol. The first-order valence-corrected chi connectivity index (χ1v) is 31.1. The first-order chi connectivity index (χ1) is 36.0. The number of unbranched alkanes of at least 4 members (excludes halogenated alkanes) is 31. The average Bonchev–Trinajstić information content (AvgIpc) is 3.39. The van der Waals surface area contributed by atoms with E-state index in [1.807, 2.05) is 0 Å². The standard InChI is InChI=1S/C67H116O6/c1-4-7-10-13-16-19-22-25-28-31-33-36-39-42-45-48-51-54-57-60-66(69)72-63-64(62-71-65(68)59-56-53-50-47-44-41-38-35-30-27-24-21-18-15-12-9-6-3)73-67(70)61-58-55-52-49-46-43-40-37-34-32-29-26-23-20-17-14-11-8-5-2/h16-17,19-20,25-26,28-29,33-34,36-37,42,45,64H,4-15,18,21-24,27,30-32,35,38-41,43-44,46-63H2,1-3H3/b19-16-,20-17-,28-25-,29-26-,36-33-,37-34-,45-42-/t64-/m1/s1. The van der Waals surface area contributed by atoms with Crippen molar-refractivity contribution >= 4 is 17.9 Å². The SMILES string of the molecule is CCCCC/C=C\C/C=C\C/C=C\C/C=C\CCCCCC(=O)OC[C@@H](COC(=O)CCCCCCCCCCCCCCCCCCC)OC(=O)CCCCCCCC/C=C\C/C=C\C/C=C\CCCCC. The number of carbonyl (C=O) groups excluding carboxylic acids is 3. The van der Waals surface area contributed by atoms with Gasteiger partial charge in [-0.15, -0.1) is 0 Å². The van der Waals surface area contributed by atoms with Crippen LogP contribution in [0.2, 0.25) is 0 Å². The van der Waals surface area contributed by atoms with Gasteiger partial charge >= 0.3 is 17.9 Å². The summed E-state index contributed by atoms with van der Waals surface area (Å²) in [6.45, 7) is 6.58. The zero-order valence-corrected chi connectivity index (χ0v) is 48.1. The highest BCUT2D eigenvalue weighted by atomic mass is 16.6. The van der Waals surface area contributed by atoms with Crippen molar-refractivity contribution in [3.63, 3.8) is 0 Å². The van der Waals surface area contributed by atoms with Crippen LogP contribution >= 0.6 is 0 Å². The highest BCUT2D eigenvalue weighted by Crippen LogP contribution is 2.16. The molecule has 0 aliphatic rings. The normalized spacial score (nSPS) is 12.6. The molecule has 6 nitrogen and oxygen atoms in total. The summed E-state index contributed by atoms with van der Waals surface area (Å²) in [7, 11) is 0. The summed E-state index contributed by atoms with van der Waals surface area (Å²) in [5.41, 5.74) is 0. The van der Waals surface area contributed by atoms with Crippen LogP contribution in [0.25, 0.3) is 0 Å². The van der Waals surface area contributed by atoms with Crippen LogP contribution in [0.3, 0.4) is 0 Å². The van der Waals surface area contributed by atoms with E-state index in [0.29, 0.717) is 19.3 Å². The first-order valence-electron chi connectivity index (χ1n) is 31.1. The van der Waals surface area contributed by atoms with E-state index in [0.717, 1.165) is 109 Å². The van der Waals surface area contributed by atoms with Crippen LogP contribution < -0.4 is 0 Å². The maximum absolute atomic E-state index is 12.9. The Labute approximate surface area is 452 Å². The maximum Gasteiger partial charge on any atom is 0.306 e. The van der Waals surface area contributed by atoms with E-state index in [-0.39, 0.29) is 31.1 Å². The lowest BCUT2D eigenvalue weighted by atomic mass is 10.0. The number of hydrogen-bond donors (Lipinski definition) is 0. The fourth-order valence-electron chi connectivity index (χ4n) is 8.67. The number of allylic oxidation sites excluding steroid dienone is 14. The molecular formula is C67H116O6. The molecule has 73 heavy (non-hydrogen) atoms. The largest absolute Gasteiger partial charge is 0.462 e. The fourth-order valence-corrected chi connectivity index (χ4v) is 8.67. The van der Waals surface area contributed by atoms with Crippen molar-refractivity contribution < 1.29 is 28.6 Å². The fraction of sp³-hybridized carbons (Fsp3) is 0.746. The molecule has 0 aromatic carbocycles. The summed E-state index contributed by atoms with van der Waals surface area (Å²) in [4.78, 5) is 38.3. The lowest BCUT2D eigenvalue weighted by molar-refractivity contribution is -0.167. The Kier molecular flexibility index (Phi) is 58.3. The maximum atomic E-state index is 12.9. The molecule has 0 aromatic rings. The van der Waals surface area contributed by atoms with Crippen LogP contribution in [0.4, 0.5) is 0 Å². The second-order valence-corrected chi connectivity index (χ2v) is 20.6. The van der Waals surface area contributed by atoms with Crippen LogP contribution in [0, 0.1) is 0 Å². The van der Waals surface area contributed by atoms with Gasteiger partial charge in [0.2, 0.25) is 0 Å². The van der Waals surface area contributed by atoms with E-state index in [1.165, 1.54) is 154 Å². The lowest BCUT2D eigenvalue weighted by Crippen LogP contribution is -2.30. The molecule has 0 amide bonds. The lowest BCUT2D eigenvalue weighted by Gasteiger charge is -2.18. The van der Waals surface area contributed by atoms with E-state index >= 15 is 0 Å². The van der Waals surface area contributed by atoms with Crippen LogP contribution in [0.1, 0.15) is 303 Å². The van der Waals surface area contributed by atoms with Crippen molar-refractivity contribution in [1.29, 1.82) is 0 Å². The molecule has 0 rings (SSSR count). The second-order valence-electron chi connectivity index (χ2n) is 20.6. The smallest absolute Gasteiger partial charge is 0.306 e. The third-order valence-corrected chi connectivity index (χ3v) is 13.4. The monoisotopic (exact) mass is 1020 g/mol. The Morgan fingerprint density at radius 3 is 0.808 bits per heavy atom. The van der Waals surface area contributed by atoms with Gasteiger partial charge in [-0.05, 0) is 103 Å². The van der Waals surface area contributed by atoms with Crippen LogP contribution in [0.15, 0.2) is 85.1 Å². The van der Waals surface area contributed by atoms with Crippen molar-refractivity contribution in [3.8, 4) is 0 Å².